The molecule has 3 rings (SSSR count). The van der Waals surface area contributed by atoms with Gasteiger partial charge in [-0.15, -0.1) is 0 Å². The molecule has 2 aromatic carbocycles. The van der Waals surface area contributed by atoms with Gasteiger partial charge in [-0.25, -0.2) is 0 Å². The predicted molar refractivity (Wildman–Crippen MR) is 120 cm³/mol. The summed E-state index contributed by atoms with van der Waals surface area (Å²) in [5, 5.41) is 4.53. The van der Waals surface area contributed by atoms with Crippen molar-refractivity contribution in [3.63, 3.8) is 0 Å². The minimum absolute atomic E-state index is 0.0369. The van der Waals surface area contributed by atoms with E-state index in [2.05, 4.69) is 63.3 Å². The van der Waals surface area contributed by atoms with Crippen LogP contribution in [0.2, 0.25) is 18.1 Å². The lowest BCUT2D eigenvalue weighted by Gasteiger charge is -2.39. The Morgan fingerprint density at radius 1 is 1.03 bits per heavy atom. The third kappa shape index (κ3) is 4.68. The van der Waals surface area contributed by atoms with Crippen LogP contribution in [0.15, 0.2) is 65.8 Å². The van der Waals surface area contributed by atoms with E-state index in [1.807, 2.05) is 36.4 Å². The van der Waals surface area contributed by atoms with Gasteiger partial charge in [-0.1, -0.05) is 86.6 Å². The summed E-state index contributed by atoms with van der Waals surface area (Å²) in [6, 6.07) is 20.4. The van der Waals surface area contributed by atoms with E-state index in [0.29, 0.717) is 0 Å². The van der Waals surface area contributed by atoms with Crippen molar-refractivity contribution in [1.29, 1.82) is 0 Å². The summed E-state index contributed by atoms with van der Waals surface area (Å²) in [4.78, 5) is 17.5. The van der Waals surface area contributed by atoms with Crippen LogP contribution in [0.1, 0.15) is 50.3 Å². The molecule has 0 unspecified atom stereocenters. The summed E-state index contributed by atoms with van der Waals surface area (Å²) in [6.07, 6.45) is 0.593. The number of oxime groups is 1. The molecule has 3 atom stereocenters. The van der Waals surface area contributed by atoms with E-state index in [9.17, 15) is 4.79 Å². The standard InChI is InChI=1S/C24H31NO3Si/c1-24(2,3)29(4,5)28-20(16-17-26)22-21(18-12-8-6-9-13-18)23(27-25-22)19-14-10-7-11-15-19/h6-15,17,20-21,23H,16H2,1-5H3/t20-,21+,23-/m1/s1. The van der Waals surface area contributed by atoms with Gasteiger partial charge in [0.25, 0.3) is 0 Å². The first-order chi connectivity index (χ1) is 13.7. The number of benzene rings is 2. The zero-order valence-corrected chi connectivity index (χ0v) is 19.0. The highest BCUT2D eigenvalue weighted by Gasteiger charge is 2.45. The van der Waals surface area contributed by atoms with E-state index < -0.39 is 8.32 Å². The Balaban J connectivity index is 1.99. The smallest absolute Gasteiger partial charge is 0.192 e. The lowest BCUT2D eigenvalue weighted by atomic mass is 9.83. The highest BCUT2D eigenvalue weighted by Crippen LogP contribution is 2.44. The second-order valence-electron chi connectivity index (χ2n) is 9.11. The molecule has 0 fully saturated rings. The van der Waals surface area contributed by atoms with Crippen molar-refractivity contribution in [2.45, 2.75) is 63.5 Å². The van der Waals surface area contributed by atoms with Crippen LogP contribution in [0.3, 0.4) is 0 Å². The van der Waals surface area contributed by atoms with E-state index in [-0.39, 0.29) is 29.6 Å². The summed E-state index contributed by atoms with van der Waals surface area (Å²) < 4.78 is 6.66. The Bertz CT molecular complexity index is 843. The van der Waals surface area contributed by atoms with E-state index in [1.165, 1.54) is 0 Å². The maximum absolute atomic E-state index is 11.5. The number of aldehydes is 1. The zero-order valence-electron chi connectivity index (χ0n) is 18.0. The fourth-order valence-electron chi connectivity index (χ4n) is 3.40. The Labute approximate surface area is 175 Å². The fourth-order valence-corrected chi connectivity index (χ4v) is 4.68. The third-order valence-electron chi connectivity index (χ3n) is 6.06. The minimum Gasteiger partial charge on any atom is -0.408 e. The Morgan fingerprint density at radius 3 is 2.10 bits per heavy atom. The monoisotopic (exact) mass is 409 g/mol. The van der Waals surface area contributed by atoms with Crippen LogP contribution >= 0.6 is 0 Å². The highest BCUT2D eigenvalue weighted by molar-refractivity contribution is 6.74. The molecule has 0 saturated heterocycles. The number of hydrogen-bond acceptors (Lipinski definition) is 4. The van der Waals surface area contributed by atoms with Gasteiger partial charge in [-0.2, -0.15) is 0 Å². The summed E-state index contributed by atoms with van der Waals surface area (Å²) in [7, 11) is -2.10. The SMILES string of the molecule is CC(C)(C)[Si](C)(C)O[C@H](CC=O)C1=NO[C@H](c2ccccc2)[C@H]1c1ccccc1. The molecule has 0 radical (unpaired) electrons. The van der Waals surface area contributed by atoms with Crippen molar-refractivity contribution in [2.24, 2.45) is 5.16 Å². The van der Waals surface area contributed by atoms with Crippen LogP contribution in [0, 0.1) is 0 Å². The number of carbonyl (C=O) groups is 1. The molecule has 1 aliphatic rings. The number of nitrogens with zero attached hydrogens (tertiary/aromatic N) is 1. The molecule has 4 nitrogen and oxygen atoms in total. The highest BCUT2D eigenvalue weighted by atomic mass is 28.4. The van der Waals surface area contributed by atoms with Crippen molar-refractivity contribution < 1.29 is 14.1 Å². The maximum Gasteiger partial charge on any atom is 0.192 e. The first-order valence-electron chi connectivity index (χ1n) is 10.2. The largest absolute Gasteiger partial charge is 0.408 e. The van der Waals surface area contributed by atoms with Gasteiger partial charge in [-0.05, 0) is 29.3 Å². The molecule has 5 heteroatoms. The Morgan fingerprint density at radius 2 is 1.59 bits per heavy atom. The van der Waals surface area contributed by atoms with Crippen LogP contribution in [-0.4, -0.2) is 26.4 Å². The van der Waals surface area contributed by atoms with Crippen molar-refractivity contribution in [3.05, 3.63) is 71.8 Å². The summed E-state index contributed by atoms with van der Waals surface area (Å²) in [5.74, 6) is -0.0895. The zero-order chi connectivity index (χ0) is 21.1. The number of rotatable bonds is 7. The number of carbonyl (C=O) groups excluding carboxylic acids is 1. The molecule has 1 heterocycles. The second kappa shape index (κ2) is 8.64. The first kappa shape index (κ1) is 21.5. The molecule has 154 valence electrons. The first-order valence-corrected chi connectivity index (χ1v) is 13.1. The van der Waals surface area contributed by atoms with Crippen molar-refractivity contribution in [1.82, 2.24) is 0 Å². The quantitative estimate of drug-likeness (QED) is 0.424. The molecule has 0 N–H and O–H groups in total. The lowest BCUT2D eigenvalue weighted by Crippen LogP contribution is -2.47. The van der Waals surface area contributed by atoms with Gasteiger partial charge in [0.15, 0.2) is 14.4 Å². The van der Waals surface area contributed by atoms with Gasteiger partial charge in [0, 0.05) is 6.42 Å². The van der Waals surface area contributed by atoms with Crippen LogP contribution in [0.25, 0.3) is 0 Å². The van der Waals surface area contributed by atoms with Crippen LogP contribution in [-0.2, 0) is 14.1 Å². The average molecular weight is 410 g/mol. The van der Waals surface area contributed by atoms with Crippen LogP contribution in [0.5, 0.6) is 0 Å². The molecule has 0 aromatic heterocycles. The van der Waals surface area contributed by atoms with E-state index >= 15 is 0 Å². The summed E-state index contributed by atoms with van der Waals surface area (Å²) in [6.45, 7) is 11.0. The van der Waals surface area contributed by atoms with Gasteiger partial charge >= 0.3 is 0 Å². The molecular weight excluding hydrogens is 378 g/mol. The van der Waals surface area contributed by atoms with Gasteiger partial charge in [0.05, 0.1) is 17.7 Å². The Kier molecular flexibility index (Phi) is 6.39. The molecule has 2 aromatic rings. The van der Waals surface area contributed by atoms with Gasteiger partial charge in [0.2, 0.25) is 0 Å². The topological polar surface area (TPSA) is 47.9 Å². The lowest BCUT2D eigenvalue weighted by molar-refractivity contribution is -0.108. The number of hydrogen-bond donors (Lipinski definition) is 0. The Hall–Kier alpha value is -2.24. The third-order valence-corrected chi connectivity index (χ3v) is 10.5. The summed E-state index contributed by atoms with van der Waals surface area (Å²) >= 11 is 0. The van der Waals surface area contributed by atoms with Gasteiger partial charge in [0.1, 0.15) is 6.29 Å². The molecule has 0 amide bonds. The van der Waals surface area contributed by atoms with Crippen molar-refractivity contribution in [2.75, 3.05) is 0 Å². The average Bonchev–Trinajstić information content (AvgIpc) is 3.13. The second-order valence-corrected chi connectivity index (χ2v) is 13.9. The van der Waals surface area contributed by atoms with Crippen molar-refractivity contribution in [3.8, 4) is 0 Å². The van der Waals surface area contributed by atoms with Crippen LogP contribution < -0.4 is 0 Å². The summed E-state index contributed by atoms with van der Waals surface area (Å²) in [5.41, 5.74) is 2.99. The molecular formula is C24H31NO3Si. The van der Waals surface area contributed by atoms with Crippen molar-refractivity contribution >= 4 is 20.3 Å². The molecule has 29 heavy (non-hydrogen) atoms. The maximum atomic E-state index is 11.5. The molecule has 0 saturated carbocycles. The van der Waals surface area contributed by atoms with Gasteiger partial charge in [-0.3, -0.25) is 0 Å². The molecule has 0 aliphatic carbocycles. The van der Waals surface area contributed by atoms with Crippen LogP contribution in [0.4, 0.5) is 0 Å². The molecule has 0 spiro atoms. The molecule has 0 bridgehead atoms. The fraction of sp³-hybridized carbons (Fsp3) is 0.417. The minimum atomic E-state index is -2.10. The van der Waals surface area contributed by atoms with Gasteiger partial charge < -0.3 is 14.1 Å². The predicted octanol–water partition coefficient (Wildman–Crippen LogP) is 5.88. The van der Waals surface area contributed by atoms with E-state index in [1.54, 1.807) is 0 Å². The van der Waals surface area contributed by atoms with E-state index in [0.717, 1.165) is 23.1 Å². The van der Waals surface area contributed by atoms with E-state index in [4.69, 9.17) is 9.26 Å². The normalized spacial score (nSPS) is 20.7. The molecule has 1 aliphatic heterocycles.